The average Bonchev–Trinajstić information content (AvgIpc) is 2.82. The van der Waals surface area contributed by atoms with Crippen molar-refractivity contribution in [3.8, 4) is 0 Å². The SMILES string of the molecule is C[P+](C)(Cc1ccc(Cc2ccc(C[P+](C)(C)c3ccccc3)cc2)cc1)c1ccccc1. The van der Waals surface area contributed by atoms with Crippen LogP contribution >= 0.6 is 14.5 Å². The van der Waals surface area contributed by atoms with Crippen molar-refractivity contribution in [2.45, 2.75) is 18.7 Å². The third-order valence-electron chi connectivity index (χ3n) is 6.52. The molecule has 0 heterocycles. The molecule has 0 bridgehead atoms. The number of rotatable bonds is 8. The second-order valence-electron chi connectivity index (χ2n) is 10.2. The van der Waals surface area contributed by atoms with E-state index in [-0.39, 0.29) is 0 Å². The van der Waals surface area contributed by atoms with E-state index in [1.165, 1.54) is 32.9 Å². The third-order valence-corrected chi connectivity index (χ3v) is 12.2. The zero-order chi connectivity index (χ0) is 23.3. The van der Waals surface area contributed by atoms with Crippen LogP contribution in [0.15, 0.2) is 109 Å². The molecule has 4 aromatic carbocycles. The molecule has 0 aliphatic rings. The standard InChI is InChI=1S/C31H36P2/c1-32(2,30-11-7-5-8-12-30)24-28-19-15-26(16-20-28)23-27-17-21-29(22-18-27)25-33(3,4)31-13-9-6-10-14-31/h5-22H,23-25H2,1-4H3/q+2. The lowest BCUT2D eigenvalue weighted by atomic mass is 10.0. The van der Waals surface area contributed by atoms with E-state index in [4.69, 9.17) is 0 Å². The first kappa shape index (κ1) is 23.9. The molecule has 0 unspecified atom stereocenters. The molecule has 0 fully saturated rings. The monoisotopic (exact) mass is 470 g/mol. The van der Waals surface area contributed by atoms with Crippen LogP contribution < -0.4 is 10.6 Å². The van der Waals surface area contributed by atoms with Gasteiger partial charge in [0.05, 0.1) is 49.6 Å². The molecule has 4 aromatic rings. The Hall–Kier alpha value is -2.26. The van der Waals surface area contributed by atoms with Gasteiger partial charge in [-0.2, -0.15) is 0 Å². The van der Waals surface area contributed by atoms with Crippen LogP contribution in [0.2, 0.25) is 0 Å². The molecule has 0 atom stereocenters. The Kier molecular flexibility index (Phi) is 7.48. The predicted octanol–water partition coefficient (Wildman–Crippen LogP) is 7.48. The van der Waals surface area contributed by atoms with Crippen LogP contribution in [0, 0.1) is 0 Å². The molecule has 0 aromatic heterocycles. The van der Waals surface area contributed by atoms with Crippen LogP contribution in [0.25, 0.3) is 0 Å². The zero-order valence-electron chi connectivity index (χ0n) is 20.4. The summed E-state index contributed by atoms with van der Waals surface area (Å²) in [5.41, 5.74) is 5.67. The lowest BCUT2D eigenvalue weighted by molar-refractivity contribution is 1.17. The molecule has 0 aliphatic heterocycles. The molecule has 0 N–H and O–H groups in total. The summed E-state index contributed by atoms with van der Waals surface area (Å²) >= 11 is 0. The van der Waals surface area contributed by atoms with Gasteiger partial charge in [0, 0.05) is 14.5 Å². The van der Waals surface area contributed by atoms with Crippen LogP contribution in [0.3, 0.4) is 0 Å². The highest BCUT2D eigenvalue weighted by atomic mass is 31.2. The fourth-order valence-electron chi connectivity index (χ4n) is 4.52. The second kappa shape index (κ2) is 10.3. The van der Waals surface area contributed by atoms with Gasteiger partial charge < -0.3 is 0 Å². The number of hydrogen-bond acceptors (Lipinski definition) is 0. The summed E-state index contributed by atoms with van der Waals surface area (Å²) in [6.45, 7) is 9.77. The van der Waals surface area contributed by atoms with Crippen molar-refractivity contribution in [2.24, 2.45) is 0 Å². The van der Waals surface area contributed by atoms with E-state index < -0.39 is 14.5 Å². The Morgan fingerprint density at radius 2 is 0.697 bits per heavy atom. The molecule has 0 nitrogen and oxygen atoms in total. The van der Waals surface area contributed by atoms with E-state index in [0.717, 1.165) is 18.7 Å². The predicted molar refractivity (Wildman–Crippen MR) is 153 cm³/mol. The largest absolute Gasteiger partial charge is 0.0937 e. The second-order valence-corrected chi connectivity index (χ2v) is 18.6. The molecular weight excluding hydrogens is 434 g/mol. The third kappa shape index (κ3) is 6.41. The highest BCUT2D eigenvalue weighted by Crippen LogP contribution is 2.53. The smallest absolute Gasteiger partial charge is 0.0620 e. The van der Waals surface area contributed by atoms with Crippen LogP contribution in [0.1, 0.15) is 22.3 Å². The summed E-state index contributed by atoms with van der Waals surface area (Å²) in [4.78, 5) is 0. The first-order valence-corrected chi connectivity index (χ1v) is 17.5. The van der Waals surface area contributed by atoms with E-state index in [9.17, 15) is 0 Å². The summed E-state index contributed by atoms with van der Waals surface area (Å²) in [5.74, 6) is 0. The quantitative estimate of drug-likeness (QED) is 0.234. The van der Waals surface area contributed by atoms with E-state index >= 15 is 0 Å². The Bertz CT molecular complexity index is 1050. The van der Waals surface area contributed by atoms with Crippen LogP contribution in [0.5, 0.6) is 0 Å². The van der Waals surface area contributed by atoms with Crippen molar-refractivity contribution >= 4 is 25.1 Å². The minimum atomic E-state index is -1.14. The van der Waals surface area contributed by atoms with Crippen LogP contribution in [-0.4, -0.2) is 26.7 Å². The first-order valence-electron chi connectivity index (χ1n) is 11.7. The van der Waals surface area contributed by atoms with Gasteiger partial charge in [-0.3, -0.25) is 0 Å². The van der Waals surface area contributed by atoms with Gasteiger partial charge in [0.2, 0.25) is 0 Å². The minimum Gasteiger partial charge on any atom is -0.0620 e. The van der Waals surface area contributed by atoms with Crippen LogP contribution in [0.4, 0.5) is 0 Å². The van der Waals surface area contributed by atoms with E-state index in [2.05, 4.69) is 136 Å². The lowest BCUT2D eigenvalue weighted by Crippen LogP contribution is -2.10. The van der Waals surface area contributed by atoms with Crippen molar-refractivity contribution < 1.29 is 0 Å². The fourth-order valence-corrected chi connectivity index (χ4v) is 9.09. The lowest BCUT2D eigenvalue weighted by Gasteiger charge is -2.18. The molecule has 0 saturated heterocycles. The Labute approximate surface area is 201 Å². The highest BCUT2D eigenvalue weighted by molar-refractivity contribution is 7.81. The van der Waals surface area contributed by atoms with Gasteiger partial charge in [-0.05, 0) is 52.9 Å². The Balaban J connectivity index is 1.37. The normalized spacial score (nSPS) is 12.0. The molecule has 4 rings (SSSR count). The van der Waals surface area contributed by atoms with Crippen LogP contribution in [-0.2, 0) is 18.7 Å². The molecule has 0 spiro atoms. The summed E-state index contributed by atoms with van der Waals surface area (Å²) in [6, 6.07) is 40.6. The number of benzene rings is 4. The maximum atomic E-state index is 2.44. The molecule has 33 heavy (non-hydrogen) atoms. The van der Waals surface area contributed by atoms with Crippen molar-refractivity contribution in [3.05, 3.63) is 131 Å². The molecule has 0 saturated carbocycles. The van der Waals surface area contributed by atoms with Crippen molar-refractivity contribution in [2.75, 3.05) is 26.7 Å². The van der Waals surface area contributed by atoms with Gasteiger partial charge in [-0.1, -0.05) is 84.9 Å². The van der Waals surface area contributed by atoms with Crippen molar-refractivity contribution in [1.82, 2.24) is 0 Å². The van der Waals surface area contributed by atoms with Crippen molar-refractivity contribution in [1.29, 1.82) is 0 Å². The summed E-state index contributed by atoms with van der Waals surface area (Å²) in [6.07, 6.45) is 3.31. The van der Waals surface area contributed by atoms with E-state index in [1.807, 2.05) is 0 Å². The van der Waals surface area contributed by atoms with Gasteiger partial charge in [0.15, 0.2) is 0 Å². The summed E-state index contributed by atoms with van der Waals surface area (Å²) in [7, 11) is -2.28. The Morgan fingerprint density at radius 1 is 0.394 bits per heavy atom. The maximum absolute atomic E-state index is 2.44. The van der Waals surface area contributed by atoms with Gasteiger partial charge >= 0.3 is 0 Å². The summed E-state index contributed by atoms with van der Waals surface area (Å²) < 4.78 is 0. The average molecular weight is 471 g/mol. The molecule has 0 radical (unpaired) electrons. The maximum Gasteiger partial charge on any atom is 0.0937 e. The summed E-state index contributed by atoms with van der Waals surface area (Å²) in [5, 5.41) is 3.01. The van der Waals surface area contributed by atoms with Gasteiger partial charge in [0.1, 0.15) is 0 Å². The van der Waals surface area contributed by atoms with Crippen molar-refractivity contribution in [3.63, 3.8) is 0 Å². The highest BCUT2D eigenvalue weighted by Gasteiger charge is 2.29. The van der Waals surface area contributed by atoms with Gasteiger partial charge in [-0.15, -0.1) is 0 Å². The molecule has 0 aliphatic carbocycles. The van der Waals surface area contributed by atoms with Gasteiger partial charge in [-0.25, -0.2) is 0 Å². The first-order chi connectivity index (χ1) is 15.8. The number of hydrogen-bond donors (Lipinski definition) is 0. The topological polar surface area (TPSA) is 0 Å². The van der Waals surface area contributed by atoms with E-state index in [0.29, 0.717) is 0 Å². The minimum absolute atomic E-state index is 0.995. The molecule has 0 amide bonds. The molecular formula is C31H36P2+2. The van der Waals surface area contributed by atoms with E-state index in [1.54, 1.807) is 0 Å². The Morgan fingerprint density at radius 3 is 1.03 bits per heavy atom. The fraction of sp³-hybridized carbons (Fsp3) is 0.226. The zero-order valence-corrected chi connectivity index (χ0v) is 22.2. The molecule has 168 valence electrons. The van der Waals surface area contributed by atoms with Gasteiger partial charge in [0.25, 0.3) is 0 Å². The molecule has 2 heteroatoms.